The minimum absolute atomic E-state index is 0.0469. The van der Waals surface area contributed by atoms with Crippen LogP contribution in [0, 0.1) is 17.1 Å². The van der Waals surface area contributed by atoms with Gasteiger partial charge in [-0.05, 0) is 42.0 Å². The van der Waals surface area contributed by atoms with Crippen LogP contribution >= 0.6 is 0 Å². The Hall–Kier alpha value is -2.39. The van der Waals surface area contributed by atoms with Crippen LogP contribution in [0.5, 0.6) is 0 Å². The van der Waals surface area contributed by atoms with Crippen LogP contribution in [0.2, 0.25) is 0 Å². The van der Waals surface area contributed by atoms with Crippen LogP contribution < -0.4 is 5.73 Å². The van der Waals surface area contributed by atoms with E-state index in [1.807, 2.05) is 6.07 Å². The summed E-state index contributed by atoms with van der Waals surface area (Å²) in [6.07, 6.45) is 0. The van der Waals surface area contributed by atoms with E-state index in [9.17, 15) is 12.8 Å². The Kier molecular flexibility index (Phi) is 3.72. The maximum absolute atomic E-state index is 13.2. The van der Waals surface area contributed by atoms with Gasteiger partial charge in [-0.1, -0.05) is 6.07 Å². The fourth-order valence-corrected chi connectivity index (χ4v) is 3.20. The summed E-state index contributed by atoms with van der Waals surface area (Å²) in [5.74, 6) is -1.03. The SMILES string of the molecule is N#Cc1ccc(F)cc1CS(=O)(=O)c1cccc(N)c1. The van der Waals surface area contributed by atoms with Crippen LogP contribution in [0.4, 0.5) is 10.1 Å². The van der Waals surface area contributed by atoms with E-state index in [1.165, 1.54) is 24.3 Å². The number of nitrogen functional groups attached to an aromatic ring is 1. The van der Waals surface area contributed by atoms with Crippen LogP contribution in [-0.4, -0.2) is 8.42 Å². The predicted molar refractivity (Wildman–Crippen MR) is 72.9 cm³/mol. The molecule has 0 saturated heterocycles. The minimum atomic E-state index is -3.68. The molecule has 0 aliphatic carbocycles. The fraction of sp³-hybridized carbons (Fsp3) is 0.0714. The molecule has 0 atom stereocenters. The molecule has 2 N–H and O–H groups in total. The molecule has 0 heterocycles. The standard InChI is InChI=1S/C14H11FN2O2S/c15-12-5-4-10(8-16)11(6-12)9-20(18,19)14-3-1-2-13(17)7-14/h1-7H,9,17H2. The summed E-state index contributed by atoms with van der Waals surface area (Å²) in [6, 6.07) is 11.1. The topological polar surface area (TPSA) is 84.0 Å². The van der Waals surface area contributed by atoms with E-state index in [2.05, 4.69) is 0 Å². The summed E-state index contributed by atoms with van der Waals surface area (Å²) in [5, 5.41) is 8.93. The summed E-state index contributed by atoms with van der Waals surface area (Å²) >= 11 is 0. The van der Waals surface area contributed by atoms with E-state index in [-0.39, 0.29) is 16.0 Å². The Labute approximate surface area is 116 Å². The number of sulfone groups is 1. The number of nitriles is 1. The second kappa shape index (κ2) is 5.31. The number of hydrogen-bond acceptors (Lipinski definition) is 4. The Morgan fingerprint density at radius 1 is 1.20 bits per heavy atom. The average Bonchev–Trinajstić information content (AvgIpc) is 2.38. The van der Waals surface area contributed by atoms with Crippen molar-refractivity contribution >= 4 is 15.5 Å². The van der Waals surface area contributed by atoms with Gasteiger partial charge in [0, 0.05) is 5.69 Å². The van der Waals surface area contributed by atoms with Crippen molar-refractivity contribution in [3.63, 3.8) is 0 Å². The molecule has 0 unspecified atom stereocenters. The molecule has 0 aliphatic heterocycles. The first kappa shape index (κ1) is 14.0. The smallest absolute Gasteiger partial charge is 0.182 e. The van der Waals surface area contributed by atoms with Crippen molar-refractivity contribution in [1.29, 1.82) is 5.26 Å². The Balaban J connectivity index is 2.44. The Morgan fingerprint density at radius 2 is 1.95 bits per heavy atom. The molecule has 0 bridgehead atoms. The van der Waals surface area contributed by atoms with Gasteiger partial charge in [0.2, 0.25) is 0 Å². The highest BCUT2D eigenvalue weighted by Gasteiger charge is 2.18. The van der Waals surface area contributed by atoms with Gasteiger partial charge in [0.25, 0.3) is 0 Å². The van der Waals surface area contributed by atoms with Gasteiger partial charge in [0.05, 0.1) is 22.3 Å². The largest absolute Gasteiger partial charge is 0.399 e. The van der Waals surface area contributed by atoms with E-state index >= 15 is 0 Å². The van der Waals surface area contributed by atoms with Crippen molar-refractivity contribution in [2.75, 3.05) is 5.73 Å². The normalized spacial score (nSPS) is 11.0. The highest BCUT2D eigenvalue weighted by Crippen LogP contribution is 2.21. The highest BCUT2D eigenvalue weighted by molar-refractivity contribution is 7.90. The van der Waals surface area contributed by atoms with E-state index in [0.29, 0.717) is 5.69 Å². The summed E-state index contributed by atoms with van der Waals surface area (Å²) in [7, 11) is -3.68. The maximum Gasteiger partial charge on any atom is 0.182 e. The number of benzene rings is 2. The van der Waals surface area contributed by atoms with Crippen molar-refractivity contribution in [2.24, 2.45) is 0 Å². The molecule has 0 fully saturated rings. The summed E-state index contributed by atoms with van der Waals surface area (Å²) in [5.41, 5.74) is 6.15. The zero-order valence-electron chi connectivity index (χ0n) is 10.4. The van der Waals surface area contributed by atoms with E-state index in [4.69, 9.17) is 11.0 Å². The van der Waals surface area contributed by atoms with Crippen LogP contribution in [0.15, 0.2) is 47.4 Å². The van der Waals surface area contributed by atoms with Crippen molar-refractivity contribution < 1.29 is 12.8 Å². The zero-order valence-corrected chi connectivity index (χ0v) is 11.2. The second-order valence-corrected chi connectivity index (χ2v) is 6.23. The Morgan fingerprint density at radius 3 is 2.60 bits per heavy atom. The number of anilines is 1. The number of hydrogen-bond donors (Lipinski definition) is 1. The number of halogens is 1. The molecule has 4 nitrogen and oxygen atoms in total. The van der Waals surface area contributed by atoms with Crippen LogP contribution in [0.25, 0.3) is 0 Å². The highest BCUT2D eigenvalue weighted by atomic mass is 32.2. The number of nitrogens with two attached hydrogens (primary N) is 1. The van der Waals surface area contributed by atoms with Gasteiger partial charge < -0.3 is 5.73 Å². The van der Waals surface area contributed by atoms with E-state index < -0.39 is 21.4 Å². The van der Waals surface area contributed by atoms with Crippen molar-refractivity contribution in [3.05, 3.63) is 59.4 Å². The van der Waals surface area contributed by atoms with Crippen molar-refractivity contribution in [1.82, 2.24) is 0 Å². The predicted octanol–water partition coefficient (Wildman–Crippen LogP) is 2.25. The van der Waals surface area contributed by atoms with Crippen molar-refractivity contribution in [3.8, 4) is 6.07 Å². The molecular formula is C14H11FN2O2S. The van der Waals surface area contributed by atoms with Gasteiger partial charge in [0.15, 0.2) is 9.84 Å². The third-order valence-corrected chi connectivity index (χ3v) is 4.41. The molecule has 0 saturated carbocycles. The molecule has 2 aromatic carbocycles. The van der Waals surface area contributed by atoms with Gasteiger partial charge in [-0.3, -0.25) is 0 Å². The number of nitrogens with zero attached hydrogens (tertiary/aromatic N) is 1. The summed E-state index contributed by atoms with van der Waals surface area (Å²) in [6.45, 7) is 0. The third-order valence-electron chi connectivity index (χ3n) is 2.75. The first-order chi connectivity index (χ1) is 9.42. The lowest BCUT2D eigenvalue weighted by molar-refractivity contribution is 0.594. The van der Waals surface area contributed by atoms with Gasteiger partial charge in [-0.25, -0.2) is 12.8 Å². The average molecular weight is 290 g/mol. The summed E-state index contributed by atoms with van der Waals surface area (Å²) in [4.78, 5) is 0.0469. The fourth-order valence-electron chi connectivity index (χ4n) is 1.79. The molecular weight excluding hydrogens is 279 g/mol. The zero-order chi connectivity index (χ0) is 14.8. The second-order valence-electron chi connectivity index (χ2n) is 4.24. The van der Waals surface area contributed by atoms with Gasteiger partial charge >= 0.3 is 0 Å². The van der Waals surface area contributed by atoms with E-state index in [0.717, 1.165) is 12.1 Å². The first-order valence-electron chi connectivity index (χ1n) is 5.69. The van der Waals surface area contributed by atoms with Crippen molar-refractivity contribution in [2.45, 2.75) is 10.6 Å². The lowest BCUT2D eigenvalue weighted by atomic mass is 10.1. The lowest BCUT2D eigenvalue weighted by Crippen LogP contribution is -2.07. The molecule has 2 rings (SSSR count). The molecule has 20 heavy (non-hydrogen) atoms. The molecule has 6 heteroatoms. The molecule has 0 aromatic heterocycles. The summed E-state index contributed by atoms with van der Waals surface area (Å²) < 4.78 is 37.7. The maximum atomic E-state index is 13.2. The minimum Gasteiger partial charge on any atom is -0.399 e. The van der Waals surface area contributed by atoms with Crippen LogP contribution in [0.3, 0.4) is 0 Å². The molecule has 102 valence electrons. The Bertz CT molecular complexity index is 795. The van der Waals surface area contributed by atoms with Gasteiger partial charge in [-0.2, -0.15) is 5.26 Å². The molecule has 0 amide bonds. The monoisotopic (exact) mass is 290 g/mol. The third kappa shape index (κ3) is 2.95. The molecule has 0 aliphatic rings. The molecule has 0 radical (unpaired) electrons. The molecule has 0 spiro atoms. The van der Waals surface area contributed by atoms with Gasteiger partial charge in [-0.15, -0.1) is 0 Å². The van der Waals surface area contributed by atoms with E-state index in [1.54, 1.807) is 6.07 Å². The molecule has 2 aromatic rings. The quantitative estimate of drug-likeness (QED) is 0.879. The van der Waals surface area contributed by atoms with Crippen LogP contribution in [0.1, 0.15) is 11.1 Å². The first-order valence-corrected chi connectivity index (χ1v) is 7.34. The van der Waals surface area contributed by atoms with Crippen LogP contribution in [-0.2, 0) is 15.6 Å². The number of rotatable bonds is 3. The van der Waals surface area contributed by atoms with Gasteiger partial charge in [0.1, 0.15) is 5.82 Å². The lowest BCUT2D eigenvalue weighted by Gasteiger charge is -2.07.